The van der Waals surface area contributed by atoms with E-state index in [1.165, 1.54) is 16.6 Å². The lowest BCUT2D eigenvalue weighted by Gasteiger charge is -1.98. The summed E-state index contributed by atoms with van der Waals surface area (Å²) in [6.07, 6.45) is 0.953. The topological polar surface area (TPSA) is 56.0 Å². The first-order valence-corrected chi connectivity index (χ1v) is 9.11. The van der Waals surface area contributed by atoms with Crippen LogP contribution in [0.15, 0.2) is 46.0 Å². The predicted molar refractivity (Wildman–Crippen MR) is 93.2 cm³/mol. The molecule has 1 aromatic carbocycles. The van der Waals surface area contributed by atoms with Crippen molar-refractivity contribution in [1.82, 2.24) is 10.2 Å². The van der Waals surface area contributed by atoms with E-state index in [9.17, 15) is 4.79 Å². The number of ketones is 1. The van der Waals surface area contributed by atoms with Gasteiger partial charge in [0.05, 0.1) is 10.6 Å². The van der Waals surface area contributed by atoms with E-state index in [1.54, 1.807) is 11.3 Å². The Balaban J connectivity index is 1.65. The van der Waals surface area contributed by atoms with Crippen LogP contribution < -0.4 is 0 Å². The molecule has 3 aromatic rings. The lowest BCUT2D eigenvalue weighted by molar-refractivity contribution is 0.102. The molecule has 118 valence electrons. The van der Waals surface area contributed by atoms with Gasteiger partial charge in [0, 0.05) is 10.4 Å². The summed E-state index contributed by atoms with van der Waals surface area (Å²) >= 11 is 2.83. The van der Waals surface area contributed by atoms with Crippen molar-refractivity contribution in [3.05, 3.63) is 51.7 Å². The third-order valence-corrected chi connectivity index (χ3v) is 5.48. The normalized spacial score (nSPS) is 10.9. The van der Waals surface area contributed by atoms with Crippen molar-refractivity contribution < 1.29 is 9.21 Å². The van der Waals surface area contributed by atoms with Crippen LogP contribution in [0, 0.1) is 6.92 Å². The Kier molecular flexibility index (Phi) is 4.93. The second-order valence-electron chi connectivity index (χ2n) is 5.02. The van der Waals surface area contributed by atoms with Gasteiger partial charge in [0.25, 0.3) is 5.22 Å². The molecule has 0 aliphatic heterocycles. The average molecular weight is 344 g/mol. The number of thiophene rings is 1. The minimum Gasteiger partial charge on any atom is -0.411 e. The van der Waals surface area contributed by atoms with Crippen LogP contribution >= 0.6 is 23.1 Å². The number of hydrogen-bond donors (Lipinski definition) is 0. The fourth-order valence-corrected chi connectivity index (χ4v) is 3.73. The lowest BCUT2D eigenvalue weighted by Crippen LogP contribution is -1.99. The van der Waals surface area contributed by atoms with Gasteiger partial charge >= 0.3 is 0 Å². The molecule has 0 unspecified atom stereocenters. The Morgan fingerprint density at radius 1 is 1.22 bits per heavy atom. The van der Waals surface area contributed by atoms with Crippen molar-refractivity contribution in [1.29, 1.82) is 0 Å². The summed E-state index contributed by atoms with van der Waals surface area (Å²) in [6.45, 7) is 4.08. The number of benzene rings is 1. The standard InChI is InChI=1S/C17H16N2O2S2/c1-3-12-8-9-15(23-12)14(20)10-22-17-19-18-16(21-17)13-7-5-4-6-11(13)2/h4-9H,3,10H2,1-2H3. The number of rotatable bonds is 6. The molecule has 0 saturated carbocycles. The van der Waals surface area contributed by atoms with Crippen LogP contribution in [-0.2, 0) is 6.42 Å². The van der Waals surface area contributed by atoms with Gasteiger partial charge in [-0.3, -0.25) is 4.79 Å². The summed E-state index contributed by atoms with van der Waals surface area (Å²) in [5.41, 5.74) is 2.00. The van der Waals surface area contributed by atoms with E-state index < -0.39 is 0 Å². The summed E-state index contributed by atoms with van der Waals surface area (Å²) in [5, 5.41) is 8.51. The lowest BCUT2D eigenvalue weighted by atomic mass is 10.1. The number of aromatic nitrogens is 2. The molecule has 0 aliphatic carbocycles. The summed E-state index contributed by atoms with van der Waals surface area (Å²) in [4.78, 5) is 14.2. The summed E-state index contributed by atoms with van der Waals surface area (Å²) in [5.74, 6) is 0.886. The first kappa shape index (κ1) is 16.0. The van der Waals surface area contributed by atoms with Crippen LogP contribution in [-0.4, -0.2) is 21.7 Å². The molecule has 3 rings (SSSR count). The van der Waals surface area contributed by atoms with Gasteiger partial charge in [-0.15, -0.1) is 21.5 Å². The fourth-order valence-electron chi connectivity index (χ4n) is 2.11. The first-order chi connectivity index (χ1) is 11.2. The fraction of sp³-hybridized carbons (Fsp3) is 0.235. The molecular formula is C17H16N2O2S2. The number of carbonyl (C=O) groups excluding carboxylic acids is 1. The van der Waals surface area contributed by atoms with E-state index in [1.807, 2.05) is 43.3 Å². The smallest absolute Gasteiger partial charge is 0.277 e. The predicted octanol–water partition coefficient (Wildman–Crippen LogP) is 4.64. The number of hydrogen-bond acceptors (Lipinski definition) is 6. The number of aryl methyl sites for hydroxylation is 2. The molecule has 0 spiro atoms. The molecule has 0 aliphatic rings. The van der Waals surface area contributed by atoms with Gasteiger partial charge in [-0.05, 0) is 37.1 Å². The van der Waals surface area contributed by atoms with Gasteiger partial charge in [0.1, 0.15) is 0 Å². The molecule has 2 heterocycles. The summed E-state index contributed by atoms with van der Waals surface area (Å²) in [6, 6.07) is 11.7. The molecule has 0 bridgehead atoms. The maximum Gasteiger partial charge on any atom is 0.277 e. The molecule has 0 amide bonds. The molecule has 0 radical (unpaired) electrons. The Hall–Kier alpha value is -1.92. The van der Waals surface area contributed by atoms with Crippen molar-refractivity contribution in [3.8, 4) is 11.5 Å². The molecule has 0 saturated heterocycles. The van der Waals surface area contributed by atoms with Crippen LogP contribution in [0.2, 0.25) is 0 Å². The van der Waals surface area contributed by atoms with Crippen molar-refractivity contribution in [3.63, 3.8) is 0 Å². The van der Waals surface area contributed by atoms with Gasteiger partial charge in [-0.1, -0.05) is 36.9 Å². The van der Waals surface area contributed by atoms with Gasteiger partial charge in [-0.2, -0.15) is 0 Å². The zero-order valence-corrected chi connectivity index (χ0v) is 14.5. The highest BCUT2D eigenvalue weighted by molar-refractivity contribution is 7.99. The molecule has 4 nitrogen and oxygen atoms in total. The Morgan fingerprint density at radius 2 is 2.04 bits per heavy atom. The SMILES string of the molecule is CCc1ccc(C(=O)CSc2nnc(-c3ccccc3C)o2)s1. The van der Waals surface area contributed by atoms with Gasteiger partial charge in [0.15, 0.2) is 5.78 Å². The van der Waals surface area contributed by atoms with Crippen molar-refractivity contribution >= 4 is 28.9 Å². The van der Waals surface area contributed by atoms with Gasteiger partial charge in [-0.25, -0.2) is 0 Å². The second-order valence-corrected chi connectivity index (χ2v) is 7.11. The largest absolute Gasteiger partial charge is 0.411 e. The third kappa shape index (κ3) is 3.71. The number of carbonyl (C=O) groups is 1. The van der Waals surface area contributed by atoms with Gasteiger partial charge in [0.2, 0.25) is 5.89 Å². The maximum absolute atomic E-state index is 12.2. The second kappa shape index (κ2) is 7.10. The summed E-state index contributed by atoms with van der Waals surface area (Å²) in [7, 11) is 0. The Bertz CT molecular complexity index is 823. The van der Waals surface area contributed by atoms with Crippen molar-refractivity contribution in [2.24, 2.45) is 0 Å². The van der Waals surface area contributed by atoms with E-state index in [4.69, 9.17) is 4.42 Å². The zero-order chi connectivity index (χ0) is 16.2. The third-order valence-electron chi connectivity index (χ3n) is 3.39. The highest BCUT2D eigenvalue weighted by Gasteiger charge is 2.14. The van der Waals surface area contributed by atoms with E-state index in [0.717, 1.165) is 22.4 Å². The van der Waals surface area contributed by atoms with E-state index >= 15 is 0 Å². The van der Waals surface area contributed by atoms with E-state index in [2.05, 4.69) is 17.1 Å². The van der Waals surface area contributed by atoms with Gasteiger partial charge < -0.3 is 4.42 Å². The Labute approximate surface area is 142 Å². The monoisotopic (exact) mass is 344 g/mol. The molecule has 2 aromatic heterocycles. The molecule has 23 heavy (non-hydrogen) atoms. The molecule has 0 atom stereocenters. The zero-order valence-electron chi connectivity index (χ0n) is 12.9. The molecule has 0 N–H and O–H groups in total. The minimum atomic E-state index is 0.0929. The Morgan fingerprint density at radius 3 is 2.78 bits per heavy atom. The highest BCUT2D eigenvalue weighted by atomic mass is 32.2. The van der Waals surface area contributed by atoms with Crippen LogP contribution in [0.25, 0.3) is 11.5 Å². The molecule has 6 heteroatoms. The molecule has 0 fully saturated rings. The van der Waals surface area contributed by atoms with Crippen LogP contribution in [0.1, 0.15) is 27.0 Å². The molecular weight excluding hydrogens is 328 g/mol. The average Bonchev–Trinajstić information content (AvgIpc) is 3.22. The quantitative estimate of drug-likeness (QED) is 0.481. The highest BCUT2D eigenvalue weighted by Crippen LogP contribution is 2.26. The van der Waals surface area contributed by atoms with E-state index in [0.29, 0.717) is 16.9 Å². The van der Waals surface area contributed by atoms with Crippen molar-refractivity contribution in [2.75, 3.05) is 5.75 Å². The van der Waals surface area contributed by atoms with Crippen molar-refractivity contribution in [2.45, 2.75) is 25.5 Å². The minimum absolute atomic E-state index is 0.0929. The van der Waals surface area contributed by atoms with E-state index in [-0.39, 0.29) is 5.78 Å². The number of nitrogens with zero attached hydrogens (tertiary/aromatic N) is 2. The maximum atomic E-state index is 12.2. The first-order valence-electron chi connectivity index (χ1n) is 7.31. The van der Waals surface area contributed by atoms with Crippen LogP contribution in [0.3, 0.4) is 0 Å². The number of thioether (sulfide) groups is 1. The number of Topliss-reactive ketones (excluding diaryl/α,β-unsaturated/α-hetero) is 1. The summed E-state index contributed by atoms with van der Waals surface area (Å²) < 4.78 is 5.66. The van der Waals surface area contributed by atoms with Crippen LogP contribution in [0.4, 0.5) is 0 Å². The van der Waals surface area contributed by atoms with Crippen LogP contribution in [0.5, 0.6) is 0 Å².